The van der Waals surface area contributed by atoms with Gasteiger partial charge in [0.15, 0.2) is 0 Å². The summed E-state index contributed by atoms with van der Waals surface area (Å²) in [6.45, 7) is 0. The monoisotopic (exact) mass is 388 g/mol. The van der Waals surface area contributed by atoms with Crippen molar-refractivity contribution in [1.29, 1.82) is 0 Å². The average Bonchev–Trinajstić information content (AvgIpc) is 3.01. The number of aromatic nitrogens is 2. The molecular weight excluding hydrogens is 370 g/mol. The topological polar surface area (TPSA) is 98.4 Å². The molecule has 0 amide bonds. The molecule has 3 N–H and O–H groups in total. The van der Waals surface area contributed by atoms with E-state index in [1.54, 1.807) is 31.3 Å². The van der Waals surface area contributed by atoms with Gasteiger partial charge in [0.1, 0.15) is 22.8 Å². The second-order valence-electron chi connectivity index (χ2n) is 7.30. The Labute approximate surface area is 165 Å². The van der Waals surface area contributed by atoms with Crippen LogP contribution in [0.25, 0.3) is 5.76 Å². The summed E-state index contributed by atoms with van der Waals surface area (Å²) in [7, 11) is 3.03. The Bertz CT molecular complexity index is 1390. The Hall–Kier alpha value is -3.87. The number of allylic oxidation sites excluding steroid dienone is 1. The highest BCUT2D eigenvalue weighted by Crippen LogP contribution is 2.43. The molecule has 2 aromatic carbocycles. The first-order valence-corrected chi connectivity index (χ1v) is 9.16. The van der Waals surface area contributed by atoms with E-state index in [-0.39, 0.29) is 11.5 Å². The number of nitrogens with zero attached hydrogens (tertiary/aromatic N) is 2. The van der Waals surface area contributed by atoms with Gasteiger partial charge < -0.3 is 10.2 Å². The van der Waals surface area contributed by atoms with Crippen LogP contribution in [0.5, 0.6) is 5.75 Å². The fourth-order valence-corrected chi connectivity index (χ4v) is 4.31. The summed E-state index contributed by atoms with van der Waals surface area (Å²) < 4.78 is 2.45. The van der Waals surface area contributed by atoms with Crippen LogP contribution in [0, 0.1) is 0 Å². The minimum absolute atomic E-state index is 0.0568. The van der Waals surface area contributed by atoms with E-state index in [1.165, 1.54) is 11.6 Å². The van der Waals surface area contributed by atoms with Crippen molar-refractivity contribution in [3.63, 3.8) is 0 Å². The summed E-state index contributed by atoms with van der Waals surface area (Å²) in [5.41, 5.74) is 2.77. The molecule has 0 fully saturated rings. The van der Waals surface area contributed by atoms with Crippen LogP contribution in [0.4, 0.5) is 5.82 Å². The van der Waals surface area contributed by atoms with E-state index in [9.17, 15) is 19.8 Å². The molecule has 3 aromatic rings. The van der Waals surface area contributed by atoms with Crippen molar-refractivity contribution in [3.8, 4) is 5.75 Å². The summed E-state index contributed by atoms with van der Waals surface area (Å²) in [6, 6.07) is 14.0. The first-order valence-electron chi connectivity index (χ1n) is 9.16. The quantitative estimate of drug-likeness (QED) is 0.563. The lowest BCUT2D eigenvalue weighted by Crippen LogP contribution is -2.73. The van der Waals surface area contributed by atoms with Gasteiger partial charge in [-0.15, -0.1) is 0 Å². The second-order valence-corrected chi connectivity index (χ2v) is 7.30. The van der Waals surface area contributed by atoms with Crippen molar-refractivity contribution < 1.29 is 15.2 Å². The maximum atomic E-state index is 13.2. The lowest BCUT2D eigenvalue weighted by molar-refractivity contribution is -0.364. The third kappa shape index (κ3) is 2.21. The molecule has 0 radical (unpaired) electrons. The van der Waals surface area contributed by atoms with Gasteiger partial charge in [-0.2, -0.15) is 4.57 Å². The van der Waals surface area contributed by atoms with E-state index in [4.69, 9.17) is 0 Å². The van der Waals surface area contributed by atoms with E-state index >= 15 is 0 Å². The number of phenols is 1. The predicted molar refractivity (Wildman–Crippen MR) is 108 cm³/mol. The minimum Gasteiger partial charge on any atom is -0.508 e. The van der Waals surface area contributed by atoms with Crippen molar-refractivity contribution in [2.75, 3.05) is 0 Å². The SMILES string of the molecule is Cn1c2c(c(=O)n(C)c1=O)C(c1cccc(O)c1)C1=C(O)c3ccccc3C1=[NH+]2. The van der Waals surface area contributed by atoms with Gasteiger partial charge in [0.25, 0.3) is 11.4 Å². The van der Waals surface area contributed by atoms with Crippen molar-refractivity contribution >= 4 is 17.3 Å². The van der Waals surface area contributed by atoms with E-state index in [0.717, 1.165) is 10.1 Å². The number of hydrogen-bond donors (Lipinski definition) is 3. The number of phenolic OH excluding ortho intramolecular Hbond substituents is 1. The first kappa shape index (κ1) is 17.2. The van der Waals surface area contributed by atoms with Gasteiger partial charge in [0, 0.05) is 18.2 Å². The zero-order chi connectivity index (χ0) is 20.4. The van der Waals surface area contributed by atoms with Crippen LogP contribution >= 0.6 is 0 Å². The molecule has 7 heteroatoms. The third-order valence-corrected chi connectivity index (χ3v) is 5.70. The molecule has 7 nitrogen and oxygen atoms in total. The number of rotatable bonds is 1. The highest BCUT2D eigenvalue weighted by Gasteiger charge is 2.44. The molecule has 1 aromatic heterocycles. The third-order valence-electron chi connectivity index (χ3n) is 5.70. The molecule has 1 atom stereocenters. The Morgan fingerprint density at radius 2 is 1.66 bits per heavy atom. The van der Waals surface area contributed by atoms with Crippen molar-refractivity contribution in [2.24, 2.45) is 14.1 Å². The van der Waals surface area contributed by atoms with E-state index < -0.39 is 17.2 Å². The highest BCUT2D eigenvalue weighted by molar-refractivity contribution is 6.21. The van der Waals surface area contributed by atoms with Gasteiger partial charge in [-0.1, -0.05) is 30.3 Å². The Balaban J connectivity index is 1.96. The van der Waals surface area contributed by atoms with Crippen molar-refractivity contribution in [2.45, 2.75) is 5.92 Å². The molecular formula is C22H18N3O4+. The zero-order valence-corrected chi connectivity index (χ0v) is 15.8. The van der Waals surface area contributed by atoms with Gasteiger partial charge in [-0.05, 0) is 23.8 Å². The average molecular weight is 388 g/mol. The van der Waals surface area contributed by atoms with E-state index in [0.29, 0.717) is 33.8 Å². The summed E-state index contributed by atoms with van der Waals surface area (Å²) in [5.74, 6) is -0.125. The predicted octanol–water partition coefficient (Wildman–Crippen LogP) is 0.419. The van der Waals surface area contributed by atoms with Crippen LogP contribution in [0.3, 0.4) is 0 Å². The van der Waals surface area contributed by atoms with Crippen LogP contribution < -0.4 is 16.2 Å². The van der Waals surface area contributed by atoms with Crippen molar-refractivity contribution in [1.82, 2.24) is 9.13 Å². The maximum absolute atomic E-state index is 13.2. The maximum Gasteiger partial charge on any atom is 0.417 e. The largest absolute Gasteiger partial charge is 0.508 e. The van der Waals surface area contributed by atoms with Crippen LogP contribution in [0.2, 0.25) is 0 Å². The van der Waals surface area contributed by atoms with E-state index in [2.05, 4.69) is 4.99 Å². The molecule has 1 unspecified atom stereocenters. The smallest absolute Gasteiger partial charge is 0.417 e. The fourth-order valence-electron chi connectivity index (χ4n) is 4.31. The molecule has 2 heterocycles. The normalized spacial score (nSPS) is 16.9. The number of aliphatic hydroxyl groups excluding tert-OH is 1. The lowest BCUT2D eigenvalue weighted by atomic mass is 9.81. The summed E-state index contributed by atoms with van der Waals surface area (Å²) >= 11 is 0. The molecule has 1 aliphatic carbocycles. The molecule has 0 saturated heterocycles. The lowest BCUT2D eigenvalue weighted by Gasteiger charge is -2.24. The first-order chi connectivity index (χ1) is 13.9. The molecule has 5 rings (SSSR count). The molecule has 0 saturated carbocycles. The minimum atomic E-state index is -0.647. The molecule has 0 spiro atoms. The van der Waals surface area contributed by atoms with Gasteiger partial charge in [-0.25, -0.2) is 14.4 Å². The number of benzene rings is 2. The van der Waals surface area contributed by atoms with Crippen LogP contribution in [0.1, 0.15) is 28.2 Å². The molecule has 144 valence electrons. The Morgan fingerprint density at radius 1 is 0.931 bits per heavy atom. The molecule has 1 aliphatic heterocycles. The number of fused-ring (bicyclic) bond motifs is 4. The fraction of sp³-hybridized carbons (Fsp3) is 0.136. The summed E-state index contributed by atoms with van der Waals surface area (Å²) in [4.78, 5) is 28.9. The number of nitrogens with one attached hydrogen (secondary N) is 1. The standard InChI is InChI=1S/C22H17N3O4/c1-24-20-17(21(28)25(2)22(24)29)15(11-6-5-7-12(26)10-11)16-18(23-20)13-8-3-4-9-14(13)19(16)27/h3-10,15,26-27H,1-2H3/p+1. The van der Waals surface area contributed by atoms with Gasteiger partial charge in [0.2, 0.25) is 0 Å². The van der Waals surface area contributed by atoms with Gasteiger partial charge >= 0.3 is 5.69 Å². The molecule has 0 bridgehead atoms. The van der Waals surface area contributed by atoms with E-state index in [1.807, 2.05) is 24.3 Å². The number of aromatic hydroxyl groups is 1. The zero-order valence-electron chi connectivity index (χ0n) is 15.8. The Morgan fingerprint density at radius 3 is 2.38 bits per heavy atom. The number of aliphatic hydroxyl groups is 1. The van der Waals surface area contributed by atoms with Crippen LogP contribution in [0.15, 0.2) is 63.7 Å². The number of hydrogen-bond acceptors (Lipinski definition) is 4. The van der Waals surface area contributed by atoms with Gasteiger partial charge in [-0.3, -0.25) is 4.79 Å². The van der Waals surface area contributed by atoms with Crippen LogP contribution in [-0.2, 0) is 14.1 Å². The summed E-state index contributed by atoms with van der Waals surface area (Å²) in [5, 5.41) is 21.1. The van der Waals surface area contributed by atoms with Gasteiger partial charge in [0.05, 0.1) is 18.5 Å². The molecule has 2 aliphatic rings. The van der Waals surface area contributed by atoms with Crippen molar-refractivity contribution in [3.05, 3.63) is 97.2 Å². The highest BCUT2D eigenvalue weighted by atomic mass is 16.3. The summed E-state index contributed by atoms with van der Waals surface area (Å²) in [6.07, 6.45) is 0. The molecule has 29 heavy (non-hydrogen) atoms. The second kappa shape index (κ2) is 5.81. The Kier molecular flexibility index (Phi) is 3.46. The van der Waals surface area contributed by atoms with Crippen LogP contribution in [-0.4, -0.2) is 25.1 Å².